The zero-order chi connectivity index (χ0) is 17.3. The molecule has 0 radical (unpaired) electrons. The molecule has 6 heteroatoms. The highest BCUT2D eigenvalue weighted by molar-refractivity contribution is 7.80. The van der Waals surface area contributed by atoms with Crippen LogP contribution in [0.3, 0.4) is 0 Å². The second-order valence-electron chi connectivity index (χ2n) is 5.39. The Morgan fingerprint density at radius 2 is 1.71 bits per heavy atom. The molecule has 1 atom stereocenters. The summed E-state index contributed by atoms with van der Waals surface area (Å²) in [5.74, 6) is -0.697. The molecule has 1 aliphatic heterocycles. The molecule has 0 N–H and O–H groups in total. The lowest BCUT2D eigenvalue weighted by atomic mass is 10.1. The molecule has 0 aromatic heterocycles. The van der Waals surface area contributed by atoms with E-state index in [0.29, 0.717) is 16.4 Å². The van der Waals surface area contributed by atoms with E-state index >= 15 is 0 Å². The van der Waals surface area contributed by atoms with Crippen LogP contribution in [0.1, 0.15) is 22.0 Å². The average molecular weight is 340 g/mol. The molecular formula is C18H16N2O3S. The lowest BCUT2D eigenvalue weighted by Gasteiger charge is -2.19. The van der Waals surface area contributed by atoms with Crippen LogP contribution in [0.5, 0.6) is 0 Å². The summed E-state index contributed by atoms with van der Waals surface area (Å²) in [6, 6.07) is 15.7. The first-order valence-corrected chi connectivity index (χ1v) is 7.80. The Hall–Kier alpha value is -2.73. The van der Waals surface area contributed by atoms with Crippen molar-refractivity contribution in [3.05, 3.63) is 65.7 Å². The number of carbonyl (C=O) groups excluding carboxylic acids is 2. The molecule has 0 saturated carbocycles. The Morgan fingerprint density at radius 1 is 1.08 bits per heavy atom. The summed E-state index contributed by atoms with van der Waals surface area (Å²) in [4.78, 5) is 28.2. The largest absolute Gasteiger partial charge is 0.465 e. The molecule has 24 heavy (non-hydrogen) atoms. The lowest BCUT2D eigenvalue weighted by molar-refractivity contribution is -0.119. The number of nitrogens with zero attached hydrogens (tertiary/aromatic N) is 2. The number of benzene rings is 2. The Labute approximate surface area is 145 Å². The molecular weight excluding hydrogens is 324 g/mol. The molecule has 2 aromatic rings. The van der Waals surface area contributed by atoms with E-state index in [4.69, 9.17) is 17.0 Å². The maximum atomic E-state index is 13.0. The number of likely N-dealkylation sites (N-methyl/N-ethyl adjacent to an activating group) is 1. The molecule has 1 aliphatic rings. The van der Waals surface area contributed by atoms with Crippen LogP contribution in [-0.4, -0.2) is 36.0 Å². The Balaban J connectivity index is 2.06. The number of esters is 1. The third-order valence-electron chi connectivity index (χ3n) is 4.00. The van der Waals surface area contributed by atoms with Crippen molar-refractivity contribution in [3.63, 3.8) is 0 Å². The van der Waals surface area contributed by atoms with Crippen molar-refractivity contribution in [1.82, 2.24) is 4.90 Å². The van der Waals surface area contributed by atoms with Crippen molar-refractivity contribution in [1.29, 1.82) is 0 Å². The second-order valence-corrected chi connectivity index (χ2v) is 5.75. The Morgan fingerprint density at radius 3 is 2.38 bits per heavy atom. The average Bonchev–Trinajstić information content (AvgIpc) is 2.84. The van der Waals surface area contributed by atoms with Crippen molar-refractivity contribution >= 4 is 34.9 Å². The van der Waals surface area contributed by atoms with Crippen molar-refractivity contribution in [2.45, 2.75) is 6.04 Å². The molecule has 3 rings (SSSR count). The molecule has 2 aromatic carbocycles. The quantitative estimate of drug-likeness (QED) is 0.635. The first-order chi connectivity index (χ1) is 11.6. The standard InChI is InChI=1S/C18H16N2O3S/c1-19-15(12-8-4-3-5-9-12)16(21)20(18(19)24)14-11-7-6-10-13(14)17(22)23-2/h3-11,15H,1-2H3. The van der Waals surface area contributed by atoms with Gasteiger partial charge in [0, 0.05) is 7.05 Å². The molecule has 1 unspecified atom stereocenters. The number of hydrogen-bond acceptors (Lipinski definition) is 4. The molecule has 1 amide bonds. The van der Waals surface area contributed by atoms with Crippen LogP contribution in [-0.2, 0) is 9.53 Å². The third-order valence-corrected chi connectivity index (χ3v) is 4.47. The van der Waals surface area contributed by atoms with Gasteiger partial charge < -0.3 is 9.64 Å². The molecule has 1 heterocycles. The molecule has 1 saturated heterocycles. The minimum Gasteiger partial charge on any atom is -0.465 e. The Bertz CT molecular complexity index is 807. The van der Waals surface area contributed by atoms with Crippen molar-refractivity contribution in [2.75, 3.05) is 19.1 Å². The number of ether oxygens (including phenoxy) is 1. The third kappa shape index (κ3) is 2.55. The van der Waals surface area contributed by atoms with E-state index in [0.717, 1.165) is 5.56 Å². The second kappa shape index (κ2) is 6.41. The highest BCUT2D eigenvalue weighted by Crippen LogP contribution is 2.34. The van der Waals surface area contributed by atoms with Crippen LogP contribution in [0.2, 0.25) is 0 Å². The zero-order valence-electron chi connectivity index (χ0n) is 13.3. The number of rotatable bonds is 3. The molecule has 122 valence electrons. The first-order valence-electron chi connectivity index (χ1n) is 7.39. The van der Waals surface area contributed by atoms with Crippen LogP contribution < -0.4 is 4.90 Å². The fourth-order valence-corrected chi connectivity index (χ4v) is 3.12. The summed E-state index contributed by atoms with van der Waals surface area (Å²) in [6.07, 6.45) is 0. The fourth-order valence-electron chi connectivity index (χ4n) is 2.82. The fraction of sp³-hybridized carbons (Fsp3) is 0.167. The molecule has 5 nitrogen and oxygen atoms in total. The van der Waals surface area contributed by atoms with Gasteiger partial charge in [0.05, 0.1) is 18.4 Å². The summed E-state index contributed by atoms with van der Waals surface area (Å²) in [5.41, 5.74) is 1.59. The number of hydrogen-bond donors (Lipinski definition) is 0. The van der Waals surface area contributed by atoms with E-state index in [2.05, 4.69) is 0 Å². The monoisotopic (exact) mass is 340 g/mol. The van der Waals surface area contributed by atoms with Crippen molar-refractivity contribution in [2.24, 2.45) is 0 Å². The van der Waals surface area contributed by atoms with Crippen LogP contribution in [0.4, 0.5) is 5.69 Å². The first kappa shape index (κ1) is 16.1. The summed E-state index contributed by atoms with van der Waals surface area (Å²) in [7, 11) is 3.08. The minimum absolute atomic E-state index is 0.190. The van der Waals surface area contributed by atoms with Gasteiger partial charge in [-0.25, -0.2) is 4.79 Å². The van der Waals surface area contributed by atoms with Crippen LogP contribution in [0.25, 0.3) is 0 Å². The number of amides is 1. The van der Waals surface area contributed by atoms with E-state index in [1.807, 2.05) is 30.3 Å². The van der Waals surface area contributed by atoms with Gasteiger partial charge in [-0.15, -0.1) is 0 Å². The predicted molar refractivity (Wildman–Crippen MR) is 94.8 cm³/mol. The van der Waals surface area contributed by atoms with Crippen LogP contribution >= 0.6 is 12.2 Å². The molecule has 0 aliphatic carbocycles. The number of carbonyl (C=O) groups is 2. The van der Waals surface area contributed by atoms with E-state index < -0.39 is 12.0 Å². The van der Waals surface area contributed by atoms with Gasteiger partial charge in [0.25, 0.3) is 5.91 Å². The van der Waals surface area contributed by atoms with E-state index in [-0.39, 0.29) is 5.91 Å². The van der Waals surface area contributed by atoms with Crippen LogP contribution in [0, 0.1) is 0 Å². The van der Waals surface area contributed by atoms with Gasteiger partial charge in [0.1, 0.15) is 6.04 Å². The topological polar surface area (TPSA) is 49.9 Å². The highest BCUT2D eigenvalue weighted by atomic mass is 32.1. The van der Waals surface area contributed by atoms with E-state index in [9.17, 15) is 9.59 Å². The van der Waals surface area contributed by atoms with Gasteiger partial charge in [-0.1, -0.05) is 42.5 Å². The van der Waals surface area contributed by atoms with Gasteiger partial charge in [-0.2, -0.15) is 0 Å². The smallest absolute Gasteiger partial charge is 0.339 e. The lowest BCUT2D eigenvalue weighted by Crippen LogP contribution is -2.32. The normalized spacial score (nSPS) is 17.3. The SMILES string of the molecule is COC(=O)c1ccccc1N1C(=O)C(c2ccccc2)N(C)C1=S. The van der Waals surface area contributed by atoms with Gasteiger partial charge in [0.15, 0.2) is 5.11 Å². The number of para-hydroxylation sites is 1. The van der Waals surface area contributed by atoms with Crippen molar-refractivity contribution < 1.29 is 14.3 Å². The Kier molecular flexibility index (Phi) is 4.31. The highest BCUT2D eigenvalue weighted by Gasteiger charge is 2.43. The van der Waals surface area contributed by atoms with Crippen LogP contribution in [0.15, 0.2) is 54.6 Å². The van der Waals surface area contributed by atoms with Gasteiger partial charge in [-0.05, 0) is 29.9 Å². The summed E-state index contributed by atoms with van der Waals surface area (Å²) in [6.45, 7) is 0. The van der Waals surface area contributed by atoms with Crippen molar-refractivity contribution in [3.8, 4) is 0 Å². The summed E-state index contributed by atoms with van der Waals surface area (Å²) >= 11 is 5.46. The number of anilines is 1. The maximum absolute atomic E-state index is 13.0. The zero-order valence-corrected chi connectivity index (χ0v) is 14.1. The van der Waals surface area contributed by atoms with E-state index in [1.165, 1.54) is 12.0 Å². The number of methoxy groups -OCH3 is 1. The maximum Gasteiger partial charge on any atom is 0.339 e. The molecule has 0 bridgehead atoms. The summed E-state index contributed by atoms with van der Waals surface area (Å²) < 4.78 is 4.81. The number of thiocarbonyl (C=S) groups is 1. The van der Waals surface area contributed by atoms with Gasteiger partial charge in [0.2, 0.25) is 0 Å². The predicted octanol–water partition coefficient (Wildman–Crippen LogP) is 2.78. The summed E-state index contributed by atoms with van der Waals surface area (Å²) in [5, 5.41) is 0.352. The van der Waals surface area contributed by atoms with E-state index in [1.54, 1.807) is 36.2 Å². The molecule has 1 fully saturated rings. The minimum atomic E-state index is -0.510. The molecule has 0 spiro atoms. The van der Waals surface area contributed by atoms with Gasteiger partial charge in [-0.3, -0.25) is 9.69 Å². The van der Waals surface area contributed by atoms with Gasteiger partial charge >= 0.3 is 5.97 Å².